The molecule has 0 saturated heterocycles. The van der Waals surface area contributed by atoms with Crippen LogP contribution in [0, 0.1) is 5.41 Å². The number of nitrogens with zero attached hydrogens (tertiary/aromatic N) is 4. The molecule has 6 nitrogen and oxygen atoms in total. The van der Waals surface area contributed by atoms with Crippen LogP contribution in [0.2, 0.25) is 0 Å². The topological polar surface area (TPSA) is 73.8 Å². The first-order chi connectivity index (χ1) is 13.6. The van der Waals surface area contributed by atoms with Gasteiger partial charge in [-0.15, -0.1) is 0 Å². The van der Waals surface area contributed by atoms with E-state index in [1.54, 1.807) is 6.08 Å². The van der Waals surface area contributed by atoms with Crippen molar-refractivity contribution in [3.05, 3.63) is 58.3 Å². The summed E-state index contributed by atoms with van der Waals surface area (Å²) in [5, 5.41) is 15.8. The number of benzene rings is 1. The average Bonchev–Trinajstić information content (AvgIpc) is 3.31. The van der Waals surface area contributed by atoms with Gasteiger partial charge in [-0.05, 0) is 67.1 Å². The Kier molecular flexibility index (Phi) is 5.32. The quantitative estimate of drug-likeness (QED) is 0.640. The Bertz CT molecular complexity index is 1040. The minimum Gasteiger partial charge on any atom is -0.317 e. The molecule has 142 valence electrons. The molecule has 2 aliphatic rings. The predicted molar refractivity (Wildman–Crippen MR) is 118 cm³/mol. The molecule has 0 radical (unpaired) electrons. The van der Waals surface area contributed by atoms with E-state index in [2.05, 4.69) is 32.9 Å². The predicted octanol–water partition coefficient (Wildman–Crippen LogP) is 5.05. The van der Waals surface area contributed by atoms with Crippen molar-refractivity contribution in [2.75, 3.05) is 0 Å². The van der Waals surface area contributed by atoms with Crippen LogP contribution < -0.4 is 0 Å². The molecule has 8 heteroatoms. The highest BCUT2D eigenvalue weighted by Crippen LogP contribution is 2.30. The Hall–Kier alpha value is -2.45. The summed E-state index contributed by atoms with van der Waals surface area (Å²) in [7, 11) is 0. The Balaban J connectivity index is 1.66. The van der Waals surface area contributed by atoms with E-state index in [1.807, 2.05) is 47.2 Å². The van der Waals surface area contributed by atoms with Gasteiger partial charge in [-0.2, -0.15) is 15.1 Å². The minimum absolute atomic E-state index is 0.0672. The van der Waals surface area contributed by atoms with E-state index in [-0.39, 0.29) is 11.4 Å². The number of aliphatic imine (C=N–C) groups is 1. The Morgan fingerprint density at radius 2 is 2.04 bits per heavy atom. The first-order valence-electron chi connectivity index (χ1n) is 8.99. The van der Waals surface area contributed by atoms with E-state index in [9.17, 15) is 4.79 Å². The number of hydrazone groups is 1. The number of amidine groups is 2. The van der Waals surface area contributed by atoms with E-state index in [0.717, 1.165) is 40.2 Å². The molecule has 0 saturated carbocycles. The van der Waals surface area contributed by atoms with Gasteiger partial charge in [0.2, 0.25) is 5.17 Å². The maximum atomic E-state index is 12.6. The van der Waals surface area contributed by atoms with Gasteiger partial charge in [0.05, 0.1) is 5.57 Å². The normalized spacial score (nSPS) is 17.8. The molecule has 1 aromatic carbocycles. The van der Waals surface area contributed by atoms with Crippen molar-refractivity contribution in [1.82, 2.24) is 9.58 Å². The Labute approximate surface area is 175 Å². The van der Waals surface area contributed by atoms with Crippen LogP contribution in [0.4, 0.5) is 0 Å². The number of carbonyl (C=O) groups excluding carboxylic acids is 1. The van der Waals surface area contributed by atoms with E-state index >= 15 is 0 Å². The molecule has 0 spiro atoms. The first-order valence-corrected chi connectivity index (χ1v) is 10.6. The lowest BCUT2D eigenvalue weighted by Gasteiger charge is -2.20. The number of thioether (sulfide) groups is 1. The van der Waals surface area contributed by atoms with E-state index in [0.29, 0.717) is 5.17 Å². The molecule has 1 amide bonds. The second-order valence-corrected chi connectivity index (χ2v) is 8.35. The molecule has 0 aliphatic carbocycles. The fourth-order valence-electron chi connectivity index (χ4n) is 2.96. The highest BCUT2D eigenvalue weighted by atomic mass is 79.9. The van der Waals surface area contributed by atoms with Gasteiger partial charge in [0, 0.05) is 22.1 Å². The molecule has 0 fully saturated rings. The van der Waals surface area contributed by atoms with Crippen LogP contribution >= 0.6 is 27.7 Å². The summed E-state index contributed by atoms with van der Waals surface area (Å²) >= 11 is 4.82. The number of hydrogen-bond acceptors (Lipinski definition) is 4. The SMILES string of the molecule is CCCCC1=NN2C(=N)/C(=C\c3cccn3-c3ccc(Br)cc3)C(=O)N=C2S1. The minimum atomic E-state index is -0.403. The van der Waals surface area contributed by atoms with Crippen LogP contribution in [0.15, 0.2) is 62.7 Å². The van der Waals surface area contributed by atoms with E-state index < -0.39 is 5.91 Å². The number of halogens is 1. The fraction of sp³-hybridized carbons (Fsp3) is 0.200. The molecule has 1 aromatic heterocycles. The lowest BCUT2D eigenvalue weighted by Crippen LogP contribution is -2.35. The fourth-order valence-corrected chi connectivity index (χ4v) is 4.15. The van der Waals surface area contributed by atoms with Crippen LogP contribution in [-0.2, 0) is 4.79 Å². The van der Waals surface area contributed by atoms with Crippen LogP contribution in [-0.4, -0.2) is 31.5 Å². The molecule has 1 N–H and O–H groups in total. The number of nitrogens with one attached hydrogen (secondary N) is 1. The van der Waals surface area contributed by atoms with Crippen LogP contribution in [0.3, 0.4) is 0 Å². The summed E-state index contributed by atoms with van der Waals surface area (Å²) in [6, 6.07) is 11.7. The van der Waals surface area contributed by atoms with Crippen molar-refractivity contribution in [3.8, 4) is 5.69 Å². The Morgan fingerprint density at radius 1 is 1.25 bits per heavy atom. The first kappa shape index (κ1) is 18.9. The third-order valence-electron chi connectivity index (χ3n) is 4.42. The van der Waals surface area contributed by atoms with Crippen molar-refractivity contribution in [2.45, 2.75) is 26.2 Å². The third kappa shape index (κ3) is 3.62. The second kappa shape index (κ2) is 7.89. The van der Waals surface area contributed by atoms with E-state index in [1.165, 1.54) is 16.8 Å². The van der Waals surface area contributed by atoms with Crippen molar-refractivity contribution in [3.63, 3.8) is 0 Å². The molecule has 0 atom stereocenters. The van der Waals surface area contributed by atoms with Crippen molar-refractivity contribution in [2.24, 2.45) is 10.1 Å². The highest BCUT2D eigenvalue weighted by Gasteiger charge is 2.35. The molecular formula is C20H18BrN5OS. The van der Waals surface area contributed by atoms with Crippen molar-refractivity contribution < 1.29 is 4.79 Å². The van der Waals surface area contributed by atoms with E-state index in [4.69, 9.17) is 5.41 Å². The summed E-state index contributed by atoms with van der Waals surface area (Å²) in [5.74, 6) is -0.336. The van der Waals surface area contributed by atoms with Gasteiger partial charge in [0.1, 0.15) is 5.04 Å². The van der Waals surface area contributed by atoms with Gasteiger partial charge >= 0.3 is 0 Å². The largest absolute Gasteiger partial charge is 0.317 e. The number of unbranched alkanes of at least 4 members (excludes halogenated alkanes) is 1. The van der Waals surface area contributed by atoms with Crippen molar-refractivity contribution >= 4 is 55.7 Å². The summed E-state index contributed by atoms with van der Waals surface area (Å²) < 4.78 is 2.96. The average molecular weight is 456 g/mol. The van der Waals surface area contributed by atoms with Gasteiger partial charge in [0.15, 0.2) is 5.84 Å². The maximum absolute atomic E-state index is 12.6. The molecular weight excluding hydrogens is 438 g/mol. The maximum Gasteiger partial charge on any atom is 0.283 e. The van der Waals surface area contributed by atoms with Gasteiger partial charge in [0.25, 0.3) is 5.91 Å². The molecule has 0 bridgehead atoms. The van der Waals surface area contributed by atoms with Crippen LogP contribution in [0.1, 0.15) is 31.9 Å². The van der Waals surface area contributed by atoms with Crippen LogP contribution in [0.5, 0.6) is 0 Å². The summed E-state index contributed by atoms with van der Waals surface area (Å²) in [6.07, 6.45) is 6.56. The standard InChI is InChI=1S/C20H18BrN5OS/c1-2-3-6-17-24-26-18(22)16(19(27)23-20(26)28-17)12-15-5-4-11-25(15)14-9-7-13(21)8-10-14/h4-5,7-12,22H,2-3,6H2,1H3/b16-12+,22-18?. The lowest BCUT2D eigenvalue weighted by molar-refractivity contribution is -0.114. The monoisotopic (exact) mass is 455 g/mol. The van der Waals surface area contributed by atoms with Gasteiger partial charge < -0.3 is 4.57 Å². The summed E-state index contributed by atoms with van der Waals surface area (Å²) in [4.78, 5) is 16.7. The lowest BCUT2D eigenvalue weighted by atomic mass is 10.1. The molecule has 28 heavy (non-hydrogen) atoms. The molecule has 3 heterocycles. The number of hydrogen-bond donors (Lipinski definition) is 1. The van der Waals surface area contributed by atoms with Crippen molar-refractivity contribution in [1.29, 1.82) is 5.41 Å². The highest BCUT2D eigenvalue weighted by molar-refractivity contribution is 9.10. The molecule has 2 aliphatic heterocycles. The van der Waals surface area contributed by atoms with Crippen LogP contribution in [0.25, 0.3) is 11.8 Å². The number of amides is 1. The zero-order valence-electron chi connectivity index (χ0n) is 15.2. The molecule has 4 rings (SSSR count). The smallest absolute Gasteiger partial charge is 0.283 e. The second-order valence-electron chi connectivity index (χ2n) is 6.40. The zero-order valence-corrected chi connectivity index (χ0v) is 17.6. The van der Waals surface area contributed by atoms with Gasteiger partial charge in [-0.1, -0.05) is 29.3 Å². The van der Waals surface area contributed by atoms with Gasteiger partial charge in [-0.3, -0.25) is 10.2 Å². The summed E-state index contributed by atoms with van der Waals surface area (Å²) in [6.45, 7) is 2.12. The number of carbonyl (C=O) groups is 1. The molecule has 0 unspecified atom stereocenters. The Morgan fingerprint density at radius 3 is 2.79 bits per heavy atom. The third-order valence-corrected chi connectivity index (χ3v) is 5.91. The number of aromatic nitrogens is 1. The molecule has 2 aromatic rings. The zero-order chi connectivity index (χ0) is 19.7. The number of rotatable bonds is 5. The number of fused-ring (bicyclic) bond motifs is 1. The van der Waals surface area contributed by atoms with Gasteiger partial charge in [-0.25, -0.2) is 0 Å². The summed E-state index contributed by atoms with van der Waals surface area (Å²) in [5.41, 5.74) is 2.01.